The van der Waals surface area contributed by atoms with Gasteiger partial charge in [0.05, 0.1) is 11.6 Å². The Balaban J connectivity index is 1.85. The van der Waals surface area contributed by atoms with Gasteiger partial charge in [-0.2, -0.15) is 0 Å². The van der Waals surface area contributed by atoms with Crippen LogP contribution in [-0.2, 0) is 11.3 Å². The zero-order valence-electron chi connectivity index (χ0n) is 10.7. The molecule has 1 amide bonds. The summed E-state index contributed by atoms with van der Waals surface area (Å²) in [6.45, 7) is 6.18. The van der Waals surface area contributed by atoms with Crippen LogP contribution in [0.15, 0.2) is 11.4 Å². The second kappa shape index (κ2) is 6.55. The van der Waals surface area contributed by atoms with Crippen LogP contribution < -0.4 is 0 Å². The van der Waals surface area contributed by atoms with Crippen LogP contribution in [-0.4, -0.2) is 41.9 Å². The van der Waals surface area contributed by atoms with Crippen LogP contribution in [0, 0.1) is 0 Å². The van der Waals surface area contributed by atoms with Gasteiger partial charge in [-0.05, 0) is 17.9 Å². The highest BCUT2D eigenvalue weighted by molar-refractivity contribution is 7.10. The van der Waals surface area contributed by atoms with Crippen LogP contribution in [0.3, 0.4) is 0 Å². The molecule has 1 saturated heterocycles. The summed E-state index contributed by atoms with van der Waals surface area (Å²) >= 11 is 7.74. The van der Waals surface area contributed by atoms with E-state index in [9.17, 15) is 4.79 Å². The summed E-state index contributed by atoms with van der Waals surface area (Å²) in [6, 6.07) is 1.92. The van der Waals surface area contributed by atoms with Crippen LogP contribution in [0.2, 0.25) is 5.02 Å². The topological polar surface area (TPSA) is 23.6 Å². The van der Waals surface area contributed by atoms with Gasteiger partial charge in [0.2, 0.25) is 5.91 Å². The Morgan fingerprint density at radius 3 is 2.89 bits per heavy atom. The molecule has 1 fully saturated rings. The molecule has 0 spiro atoms. The van der Waals surface area contributed by atoms with E-state index in [2.05, 4.69) is 11.8 Å². The Kier molecular flexibility index (Phi) is 5.03. The molecule has 3 nitrogen and oxygen atoms in total. The Bertz CT molecular complexity index is 407. The summed E-state index contributed by atoms with van der Waals surface area (Å²) in [7, 11) is 0. The van der Waals surface area contributed by atoms with Crippen LogP contribution in [0.1, 0.15) is 24.6 Å². The molecular weight excluding hydrogens is 268 g/mol. The normalized spacial score (nSPS) is 17.4. The predicted octanol–water partition coefficient (Wildman–Crippen LogP) is 2.85. The molecule has 0 aliphatic carbocycles. The van der Waals surface area contributed by atoms with Gasteiger partial charge in [0.1, 0.15) is 0 Å². The minimum atomic E-state index is 0.252. The fourth-order valence-electron chi connectivity index (χ4n) is 2.12. The zero-order chi connectivity index (χ0) is 13.0. The van der Waals surface area contributed by atoms with Crippen molar-refractivity contribution in [1.82, 2.24) is 9.80 Å². The third-order valence-electron chi connectivity index (χ3n) is 3.24. The molecule has 5 heteroatoms. The number of carbonyl (C=O) groups excluding carboxylic acids is 1. The van der Waals surface area contributed by atoms with Crippen molar-refractivity contribution in [2.45, 2.75) is 26.3 Å². The van der Waals surface area contributed by atoms with Crippen molar-refractivity contribution in [3.8, 4) is 0 Å². The molecule has 0 bridgehead atoms. The molecule has 1 aliphatic rings. The molecule has 0 atom stereocenters. The molecule has 0 aromatic carbocycles. The first-order valence-electron chi connectivity index (χ1n) is 6.42. The van der Waals surface area contributed by atoms with Gasteiger partial charge in [0.25, 0.3) is 0 Å². The van der Waals surface area contributed by atoms with Crippen LogP contribution in [0.5, 0.6) is 0 Å². The summed E-state index contributed by atoms with van der Waals surface area (Å²) < 4.78 is 0. The highest BCUT2D eigenvalue weighted by Gasteiger charge is 2.23. The van der Waals surface area contributed by atoms with E-state index < -0.39 is 0 Å². The molecule has 18 heavy (non-hydrogen) atoms. The number of thiophene rings is 1. The largest absolute Gasteiger partial charge is 0.340 e. The van der Waals surface area contributed by atoms with Crippen LogP contribution in [0.25, 0.3) is 0 Å². The van der Waals surface area contributed by atoms with E-state index in [0.717, 1.165) is 48.9 Å². The van der Waals surface area contributed by atoms with Crippen molar-refractivity contribution in [2.75, 3.05) is 26.2 Å². The van der Waals surface area contributed by atoms with Gasteiger partial charge >= 0.3 is 0 Å². The van der Waals surface area contributed by atoms with Crippen LogP contribution in [0.4, 0.5) is 0 Å². The third-order valence-corrected chi connectivity index (χ3v) is 4.61. The number of amides is 1. The first-order valence-corrected chi connectivity index (χ1v) is 7.68. The number of hydrogen-bond donors (Lipinski definition) is 0. The minimum Gasteiger partial charge on any atom is -0.340 e. The molecule has 0 radical (unpaired) electrons. The van der Waals surface area contributed by atoms with Gasteiger partial charge in [0, 0.05) is 31.1 Å². The Hall–Kier alpha value is -0.580. The Morgan fingerprint density at radius 1 is 1.44 bits per heavy atom. The van der Waals surface area contributed by atoms with E-state index in [1.165, 1.54) is 0 Å². The molecule has 100 valence electrons. The summed E-state index contributed by atoms with van der Waals surface area (Å²) in [5.41, 5.74) is 0. The number of rotatable bonds is 5. The van der Waals surface area contributed by atoms with Gasteiger partial charge in [0.15, 0.2) is 0 Å². The number of halogens is 1. The number of unbranched alkanes of at least 4 members (excludes halogenated alkanes) is 1. The van der Waals surface area contributed by atoms with Gasteiger partial charge in [-0.1, -0.05) is 24.9 Å². The predicted molar refractivity (Wildman–Crippen MR) is 76.1 cm³/mol. The Morgan fingerprint density at radius 2 is 2.28 bits per heavy atom. The quantitative estimate of drug-likeness (QED) is 0.831. The molecule has 2 rings (SSSR count). The number of piperazine rings is 1. The Labute approximate surface area is 117 Å². The van der Waals surface area contributed by atoms with Gasteiger partial charge in [-0.25, -0.2) is 0 Å². The molecule has 0 N–H and O–H groups in total. The number of nitrogens with zero attached hydrogens (tertiary/aromatic N) is 2. The minimum absolute atomic E-state index is 0.252. The van der Waals surface area contributed by atoms with E-state index in [-0.39, 0.29) is 5.91 Å². The van der Waals surface area contributed by atoms with E-state index in [1.807, 2.05) is 16.3 Å². The lowest BCUT2D eigenvalue weighted by Gasteiger charge is -2.34. The highest BCUT2D eigenvalue weighted by Crippen LogP contribution is 2.24. The second-order valence-electron chi connectivity index (χ2n) is 4.64. The molecule has 0 saturated carbocycles. The van der Waals surface area contributed by atoms with Crippen molar-refractivity contribution in [2.24, 2.45) is 0 Å². The maximum Gasteiger partial charge on any atom is 0.236 e. The van der Waals surface area contributed by atoms with Gasteiger partial charge < -0.3 is 4.90 Å². The maximum atomic E-state index is 12.0. The molecular formula is C13H19ClN2OS. The number of carbonyl (C=O) groups is 1. The van der Waals surface area contributed by atoms with E-state index in [4.69, 9.17) is 11.6 Å². The summed E-state index contributed by atoms with van der Waals surface area (Å²) in [5, 5.41) is 2.82. The monoisotopic (exact) mass is 286 g/mol. The lowest BCUT2D eigenvalue weighted by Crippen LogP contribution is -2.50. The average molecular weight is 287 g/mol. The molecule has 0 unspecified atom stereocenters. The van der Waals surface area contributed by atoms with Crippen molar-refractivity contribution in [3.05, 3.63) is 21.3 Å². The fraction of sp³-hybridized carbons (Fsp3) is 0.615. The van der Waals surface area contributed by atoms with E-state index >= 15 is 0 Å². The first-order chi connectivity index (χ1) is 8.70. The lowest BCUT2D eigenvalue weighted by molar-refractivity contribution is -0.136. The van der Waals surface area contributed by atoms with Crippen LogP contribution >= 0.6 is 22.9 Å². The smallest absolute Gasteiger partial charge is 0.236 e. The van der Waals surface area contributed by atoms with Gasteiger partial charge in [-0.15, -0.1) is 11.3 Å². The molecule has 2 heterocycles. The van der Waals surface area contributed by atoms with Gasteiger partial charge in [-0.3, -0.25) is 9.69 Å². The maximum absolute atomic E-state index is 12.0. The van der Waals surface area contributed by atoms with Crippen molar-refractivity contribution in [3.63, 3.8) is 0 Å². The van der Waals surface area contributed by atoms with E-state index in [0.29, 0.717) is 6.54 Å². The zero-order valence-corrected chi connectivity index (χ0v) is 12.3. The fourth-order valence-corrected chi connectivity index (χ4v) is 3.26. The molecule has 1 aromatic rings. The first kappa shape index (κ1) is 13.8. The van der Waals surface area contributed by atoms with Crippen molar-refractivity contribution in [1.29, 1.82) is 0 Å². The summed E-state index contributed by atoms with van der Waals surface area (Å²) in [4.78, 5) is 17.3. The average Bonchev–Trinajstić information content (AvgIpc) is 2.74. The number of hydrogen-bond acceptors (Lipinski definition) is 3. The highest BCUT2D eigenvalue weighted by atomic mass is 35.5. The third kappa shape index (κ3) is 3.46. The SMILES string of the molecule is CCCCN1CCN(Cc2sccc2Cl)CC1=O. The lowest BCUT2D eigenvalue weighted by atomic mass is 10.2. The summed E-state index contributed by atoms with van der Waals surface area (Å²) in [5.74, 6) is 0.252. The second-order valence-corrected chi connectivity index (χ2v) is 6.04. The van der Waals surface area contributed by atoms with Crippen molar-refractivity contribution >= 4 is 28.8 Å². The van der Waals surface area contributed by atoms with Crippen molar-refractivity contribution < 1.29 is 4.79 Å². The van der Waals surface area contributed by atoms with E-state index in [1.54, 1.807) is 11.3 Å². The summed E-state index contributed by atoms with van der Waals surface area (Å²) in [6.07, 6.45) is 2.24. The molecule has 1 aliphatic heterocycles. The standard InChI is InChI=1S/C13H19ClN2OS/c1-2-3-5-16-7-6-15(10-13(16)17)9-12-11(14)4-8-18-12/h4,8H,2-3,5-7,9-10H2,1H3. The molecule has 1 aromatic heterocycles.